The lowest BCUT2D eigenvalue weighted by Gasteiger charge is -2.24. The van der Waals surface area contributed by atoms with Crippen LogP contribution in [0.5, 0.6) is 0 Å². The van der Waals surface area contributed by atoms with Crippen molar-refractivity contribution < 1.29 is 18.3 Å². The van der Waals surface area contributed by atoms with Crippen LogP contribution in [0.1, 0.15) is 23.2 Å². The summed E-state index contributed by atoms with van der Waals surface area (Å²) >= 11 is 5.87. The Morgan fingerprint density at radius 1 is 1.32 bits per heavy atom. The number of hydrogen-bond donors (Lipinski definition) is 2. The van der Waals surface area contributed by atoms with Gasteiger partial charge in [0.25, 0.3) is 0 Å². The Kier molecular flexibility index (Phi) is 4.01. The minimum absolute atomic E-state index is 0.0541. The molecule has 0 radical (unpaired) electrons. The van der Waals surface area contributed by atoms with Crippen molar-refractivity contribution in [2.75, 3.05) is 16.8 Å². The van der Waals surface area contributed by atoms with E-state index in [1.807, 2.05) is 0 Å². The number of aromatic carboxylic acids is 1. The van der Waals surface area contributed by atoms with Gasteiger partial charge < -0.3 is 10.4 Å². The molecule has 0 bridgehead atoms. The van der Waals surface area contributed by atoms with Crippen LogP contribution in [0.2, 0.25) is 5.02 Å². The highest BCUT2D eigenvalue weighted by Gasteiger charge is 2.23. The minimum Gasteiger partial charge on any atom is -0.478 e. The van der Waals surface area contributed by atoms with E-state index >= 15 is 0 Å². The quantitative estimate of drug-likeness (QED) is 0.892. The molecule has 0 unspecified atom stereocenters. The molecule has 2 N–H and O–H groups in total. The van der Waals surface area contributed by atoms with Gasteiger partial charge in [-0.25, -0.2) is 13.2 Å². The average Bonchev–Trinajstić information content (AvgIpc) is 2.31. The number of nitrogens with one attached hydrogen (secondary N) is 1. The van der Waals surface area contributed by atoms with Crippen LogP contribution in [0.4, 0.5) is 5.69 Å². The summed E-state index contributed by atoms with van der Waals surface area (Å²) in [6.45, 7) is 0. The molecule has 5 nitrogen and oxygen atoms in total. The zero-order chi connectivity index (χ0) is 14.0. The van der Waals surface area contributed by atoms with Crippen molar-refractivity contribution in [1.29, 1.82) is 0 Å². The predicted molar refractivity (Wildman–Crippen MR) is 73.7 cm³/mol. The Morgan fingerprint density at radius 3 is 2.47 bits per heavy atom. The molecule has 1 aliphatic rings. The molecule has 1 saturated heterocycles. The Morgan fingerprint density at radius 2 is 1.95 bits per heavy atom. The van der Waals surface area contributed by atoms with Crippen molar-refractivity contribution in [3.63, 3.8) is 0 Å². The number of carboxylic acid groups (broad SMARTS) is 1. The fraction of sp³-hybridized carbons (Fsp3) is 0.417. The van der Waals surface area contributed by atoms with E-state index in [1.165, 1.54) is 6.07 Å². The molecule has 1 aromatic rings. The van der Waals surface area contributed by atoms with Crippen LogP contribution in [-0.2, 0) is 9.84 Å². The van der Waals surface area contributed by atoms with Crippen LogP contribution in [0, 0.1) is 0 Å². The molecule has 0 aliphatic carbocycles. The van der Waals surface area contributed by atoms with Crippen molar-refractivity contribution in [3.8, 4) is 0 Å². The van der Waals surface area contributed by atoms with Crippen molar-refractivity contribution in [2.24, 2.45) is 0 Å². The normalized spacial score (nSPS) is 19.0. The van der Waals surface area contributed by atoms with Gasteiger partial charge in [-0.15, -0.1) is 0 Å². The monoisotopic (exact) mass is 303 g/mol. The van der Waals surface area contributed by atoms with Crippen LogP contribution in [0.25, 0.3) is 0 Å². The first-order valence-electron chi connectivity index (χ1n) is 5.87. The Labute approximate surface area is 116 Å². The molecule has 19 heavy (non-hydrogen) atoms. The molecular formula is C12H14ClNO4S. The highest BCUT2D eigenvalue weighted by Crippen LogP contribution is 2.23. The summed E-state index contributed by atoms with van der Waals surface area (Å²) < 4.78 is 22.6. The van der Waals surface area contributed by atoms with E-state index in [-0.39, 0.29) is 28.1 Å². The van der Waals surface area contributed by atoms with E-state index in [2.05, 4.69) is 5.32 Å². The Hall–Kier alpha value is -1.27. The second kappa shape index (κ2) is 5.38. The van der Waals surface area contributed by atoms with Crippen LogP contribution in [0.15, 0.2) is 18.2 Å². The lowest BCUT2D eigenvalue weighted by Crippen LogP contribution is -2.32. The molecule has 0 atom stereocenters. The van der Waals surface area contributed by atoms with Gasteiger partial charge >= 0.3 is 5.97 Å². The predicted octanol–water partition coefficient (Wildman–Crippen LogP) is 2.03. The van der Waals surface area contributed by atoms with Gasteiger partial charge in [-0.3, -0.25) is 0 Å². The molecule has 1 heterocycles. The maximum absolute atomic E-state index is 11.3. The largest absolute Gasteiger partial charge is 0.478 e. The Bertz CT molecular complexity index is 586. The van der Waals surface area contributed by atoms with E-state index in [1.54, 1.807) is 12.1 Å². The summed E-state index contributed by atoms with van der Waals surface area (Å²) in [5, 5.41) is 12.2. The first kappa shape index (κ1) is 14.1. The molecule has 1 fully saturated rings. The van der Waals surface area contributed by atoms with E-state index < -0.39 is 15.8 Å². The molecule has 0 aromatic heterocycles. The van der Waals surface area contributed by atoms with Gasteiger partial charge in [-0.2, -0.15) is 0 Å². The molecule has 1 aromatic carbocycles. The van der Waals surface area contributed by atoms with Gasteiger partial charge in [-0.05, 0) is 31.0 Å². The average molecular weight is 304 g/mol. The third kappa shape index (κ3) is 3.61. The van der Waals surface area contributed by atoms with E-state index in [0.717, 1.165) is 0 Å². The maximum Gasteiger partial charge on any atom is 0.337 e. The number of carbonyl (C=O) groups is 1. The topological polar surface area (TPSA) is 83.5 Å². The summed E-state index contributed by atoms with van der Waals surface area (Å²) in [4.78, 5) is 10.8. The van der Waals surface area contributed by atoms with Crippen LogP contribution < -0.4 is 5.32 Å². The van der Waals surface area contributed by atoms with Gasteiger partial charge in [0.2, 0.25) is 0 Å². The molecule has 104 valence electrons. The molecule has 7 heteroatoms. The summed E-state index contributed by atoms with van der Waals surface area (Å²) in [5.41, 5.74) is 0.762. The third-order valence-electron chi connectivity index (χ3n) is 3.12. The van der Waals surface area contributed by atoms with Gasteiger partial charge in [-0.1, -0.05) is 11.6 Å². The summed E-state index contributed by atoms with van der Waals surface area (Å²) in [5.74, 6) is -0.697. The van der Waals surface area contributed by atoms with E-state index in [9.17, 15) is 13.2 Å². The highest BCUT2D eigenvalue weighted by molar-refractivity contribution is 7.91. The zero-order valence-corrected chi connectivity index (χ0v) is 11.7. The highest BCUT2D eigenvalue weighted by atomic mass is 35.5. The SMILES string of the molecule is O=C(O)c1ccc(NC2CCS(=O)(=O)CC2)cc1Cl. The summed E-state index contributed by atoms with van der Waals surface area (Å²) in [6.07, 6.45) is 1.11. The summed E-state index contributed by atoms with van der Waals surface area (Å²) in [6, 6.07) is 4.70. The van der Waals surface area contributed by atoms with Crippen molar-refractivity contribution in [1.82, 2.24) is 0 Å². The molecule has 0 saturated carbocycles. The molecule has 0 spiro atoms. The fourth-order valence-electron chi connectivity index (χ4n) is 2.05. The first-order valence-corrected chi connectivity index (χ1v) is 8.07. The molecule has 2 rings (SSSR count). The standard InChI is InChI=1S/C12H14ClNO4S/c13-11-7-9(1-2-10(11)12(15)16)14-8-3-5-19(17,18)6-4-8/h1-2,7-8,14H,3-6H2,(H,15,16). The van der Waals surface area contributed by atoms with Gasteiger partial charge in [0, 0.05) is 11.7 Å². The van der Waals surface area contributed by atoms with E-state index in [4.69, 9.17) is 16.7 Å². The number of rotatable bonds is 3. The number of benzene rings is 1. The summed E-state index contributed by atoms with van der Waals surface area (Å²) in [7, 11) is -2.88. The van der Waals surface area contributed by atoms with E-state index in [0.29, 0.717) is 18.5 Å². The van der Waals surface area contributed by atoms with Crippen molar-refractivity contribution in [3.05, 3.63) is 28.8 Å². The second-order valence-electron chi connectivity index (χ2n) is 4.57. The molecular weight excluding hydrogens is 290 g/mol. The minimum atomic E-state index is -2.88. The van der Waals surface area contributed by atoms with Crippen LogP contribution in [0.3, 0.4) is 0 Å². The number of halogens is 1. The van der Waals surface area contributed by atoms with Gasteiger partial charge in [0.05, 0.1) is 22.1 Å². The Balaban J connectivity index is 2.04. The number of carboxylic acids is 1. The lowest BCUT2D eigenvalue weighted by molar-refractivity contribution is 0.0697. The number of hydrogen-bond acceptors (Lipinski definition) is 4. The second-order valence-corrected chi connectivity index (χ2v) is 7.28. The fourth-order valence-corrected chi connectivity index (χ4v) is 3.80. The molecule has 1 aliphatic heterocycles. The van der Waals surface area contributed by atoms with Gasteiger partial charge in [0.15, 0.2) is 0 Å². The zero-order valence-electron chi connectivity index (χ0n) is 10.1. The third-order valence-corrected chi connectivity index (χ3v) is 5.15. The first-order chi connectivity index (χ1) is 8.87. The van der Waals surface area contributed by atoms with Gasteiger partial charge in [0.1, 0.15) is 9.84 Å². The van der Waals surface area contributed by atoms with Crippen LogP contribution >= 0.6 is 11.6 Å². The molecule has 0 amide bonds. The lowest BCUT2D eigenvalue weighted by atomic mass is 10.1. The number of sulfone groups is 1. The van der Waals surface area contributed by atoms with Crippen molar-refractivity contribution in [2.45, 2.75) is 18.9 Å². The van der Waals surface area contributed by atoms with Crippen molar-refractivity contribution >= 4 is 33.1 Å². The number of anilines is 1. The maximum atomic E-state index is 11.3. The van der Waals surface area contributed by atoms with Crippen LogP contribution in [-0.4, -0.2) is 37.0 Å². The smallest absolute Gasteiger partial charge is 0.337 e.